The summed E-state index contributed by atoms with van der Waals surface area (Å²) in [6, 6.07) is 12.4. The summed E-state index contributed by atoms with van der Waals surface area (Å²) in [5.41, 5.74) is 3.57. The zero-order valence-electron chi connectivity index (χ0n) is 20.2. The summed E-state index contributed by atoms with van der Waals surface area (Å²) < 4.78 is 21.4. The molecule has 5 nitrogen and oxygen atoms in total. The Bertz CT molecular complexity index is 1120. The lowest BCUT2D eigenvalue weighted by molar-refractivity contribution is -0.123. The van der Waals surface area contributed by atoms with Gasteiger partial charge in [-0.2, -0.15) is 0 Å². The lowest BCUT2D eigenvalue weighted by atomic mass is 9.95. The van der Waals surface area contributed by atoms with Crippen LogP contribution >= 0.6 is 0 Å². The maximum Gasteiger partial charge on any atom is 0.229 e. The van der Waals surface area contributed by atoms with Gasteiger partial charge in [-0.3, -0.25) is 4.79 Å². The van der Waals surface area contributed by atoms with E-state index in [0.29, 0.717) is 17.9 Å². The maximum atomic E-state index is 13.6. The molecule has 4 rings (SSSR count). The molecule has 1 amide bonds. The number of anilines is 1. The Morgan fingerprint density at radius 3 is 2.45 bits per heavy atom. The number of amides is 1. The number of carbonyl (C=O) groups is 1. The number of aromatic nitrogens is 1. The fourth-order valence-electron chi connectivity index (χ4n) is 3.98. The summed E-state index contributed by atoms with van der Waals surface area (Å²) >= 11 is 0. The van der Waals surface area contributed by atoms with Gasteiger partial charge in [-0.1, -0.05) is 34.6 Å². The minimum atomic E-state index is -0.543. The number of rotatable bonds is 4. The van der Waals surface area contributed by atoms with Gasteiger partial charge < -0.3 is 20.0 Å². The van der Waals surface area contributed by atoms with Gasteiger partial charge in [-0.15, -0.1) is 0 Å². The SMILES string of the molecule is CC.CC(C)(C)C(=O)Nc1cc2cc(C3CCCOC3)n(-c3ccc(F)cc3)c2cc1C=N. The van der Waals surface area contributed by atoms with E-state index in [-0.39, 0.29) is 17.6 Å². The molecular weight excluding hydrogens is 417 g/mol. The Morgan fingerprint density at radius 2 is 1.88 bits per heavy atom. The molecule has 0 radical (unpaired) electrons. The highest BCUT2D eigenvalue weighted by Gasteiger charge is 2.25. The standard InChI is InChI=1S/C25H28FN3O2.C2H6/c1-25(2,3)24(30)28-21-11-17-12-22(16-5-4-10-31-15-16)29(23(17)13-18(21)14-27)20-8-6-19(26)7-9-20;1-2/h6-9,11-14,16,27H,4-5,10,15H2,1-3H3,(H,28,30);1-2H3. The van der Waals surface area contributed by atoms with Crippen LogP contribution in [0.5, 0.6) is 0 Å². The molecule has 2 aromatic carbocycles. The molecule has 0 aliphatic carbocycles. The molecule has 1 aliphatic rings. The smallest absolute Gasteiger partial charge is 0.229 e. The van der Waals surface area contributed by atoms with E-state index < -0.39 is 5.41 Å². The Labute approximate surface area is 195 Å². The number of benzene rings is 2. The molecule has 1 aliphatic heterocycles. The Morgan fingerprint density at radius 1 is 1.18 bits per heavy atom. The van der Waals surface area contributed by atoms with Gasteiger partial charge in [0.2, 0.25) is 5.91 Å². The molecule has 176 valence electrons. The first-order chi connectivity index (χ1) is 15.8. The Kier molecular flexibility index (Phi) is 7.69. The number of ether oxygens (including phenoxy) is 1. The maximum absolute atomic E-state index is 13.6. The number of fused-ring (bicyclic) bond motifs is 1. The first kappa shape index (κ1) is 24.6. The molecular formula is C27H34FN3O2. The fraction of sp³-hybridized carbons (Fsp3) is 0.407. The van der Waals surface area contributed by atoms with Crippen molar-refractivity contribution < 1.29 is 13.9 Å². The van der Waals surface area contributed by atoms with E-state index >= 15 is 0 Å². The van der Waals surface area contributed by atoms with Crippen molar-refractivity contribution >= 4 is 28.7 Å². The van der Waals surface area contributed by atoms with Crippen LogP contribution in [-0.4, -0.2) is 29.9 Å². The number of hydrogen-bond donors (Lipinski definition) is 2. The van der Waals surface area contributed by atoms with E-state index in [4.69, 9.17) is 10.1 Å². The average Bonchev–Trinajstić information content (AvgIpc) is 3.18. The number of nitrogens with zero attached hydrogens (tertiary/aromatic N) is 1. The van der Waals surface area contributed by atoms with Gasteiger partial charge in [-0.25, -0.2) is 4.39 Å². The normalized spacial score (nSPS) is 16.1. The number of carbonyl (C=O) groups excluding carboxylic acids is 1. The third-order valence-corrected chi connectivity index (χ3v) is 5.75. The second-order valence-electron chi connectivity index (χ2n) is 9.14. The van der Waals surface area contributed by atoms with Crippen LogP contribution in [0.15, 0.2) is 42.5 Å². The van der Waals surface area contributed by atoms with E-state index in [0.717, 1.165) is 41.7 Å². The quantitative estimate of drug-likeness (QED) is 0.435. The van der Waals surface area contributed by atoms with Crippen molar-refractivity contribution in [3.8, 4) is 5.69 Å². The van der Waals surface area contributed by atoms with Crippen molar-refractivity contribution in [2.24, 2.45) is 5.41 Å². The van der Waals surface area contributed by atoms with Crippen LogP contribution in [-0.2, 0) is 9.53 Å². The second kappa shape index (κ2) is 10.3. The van der Waals surface area contributed by atoms with Crippen molar-refractivity contribution in [3.63, 3.8) is 0 Å². The predicted molar refractivity (Wildman–Crippen MR) is 133 cm³/mol. The molecule has 1 aromatic heterocycles. The molecule has 0 spiro atoms. The number of nitrogens with one attached hydrogen (secondary N) is 2. The zero-order valence-corrected chi connectivity index (χ0v) is 20.2. The minimum absolute atomic E-state index is 0.103. The van der Waals surface area contributed by atoms with Gasteiger partial charge in [0.25, 0.3) is 0 Å². The van der Waals surface area contributed by atoms with Crippen LogP contribution in [0.1, 0.15) is 64.6 Å². The molecule has 0 saturated carbocycles. The van der Waals surface area contributed by atoms with Crippen LogP contribution < -0.4 is 5.32 Å². The van der Waals surface area contributed by atoms with Crippen molar-refractivity contribution in [1.82, 2.24) is 4.57 Å². The first-order valence-electron chi connectivity index (χ1n) is 11.6. The van der Waals surface area contributed by atoms with E-state index in [2.05, 4.69) is 16.0 Å². The van der Waals surface area contributed by atoms with Crippen molar-refractivity contribution in [2.45, 2.75) is 53.4 Å². The summed E-state index contributed by atoms with van der Waals surface area (Å²) in [5, 5.41) is 11.8. The first-order valence-corrected chi connectivity index (χ1v) is 11.6. The van der Waals surface area contributed by atoms with E-state index in [1.165, 1.54) is 18.3 Å². The molecule has 1 saturated heterocycles. The lowest BCUT2D eigenvalue weighted by Crippen LogP contribution is -2.28. The van der Waals surface area contributed by atoms with Gasteiger partial charge in [0.05, 0.1) is 17.8 Å². The second-order valence-corrected chi connectivity index (χ2v) is 9.14. The van der Waals surface area contributed by atoms with Gasteiger partial charge in [0, 0.05) is 46.5 Å². The van der Waals surface area contributed by atoms with Crippen LogP contribution in [0.25, 0.3) is 16.6 Å². The number of hydrogen-bond acceptors (Lipinski definition) is 3. The van der Waals surface area contributed by atoms with Crippen LogP contribution in [0.3, 0.4) is 0 Å². The monoisotopic (exact) mass is 451 g/mol. The molecule has 2 N–H and O–H groups in total. The van der Waals surface area contributed by atoms with E-state index in [9.17, 15) is 9.18 Å². The van der Waals surface area contributed by atoms with Crippen LogP contribution in [0.2, 0.25) is 0 Å². The van der Waals surface area contributed by atoms with E-state index in [1.807, 2.05) is 46.8 Å². The summed E-state index contributed by atoms with van der Waals surface area (Å²) in [4.78, 5) is 12.6. The molecule has 1 atom stereocenters. The predicted octanol–water partition coefficient (Wildman–Crippen LogP) is 6.67. The summed E-state index contributed by atoms with van der Waals surface area (Å²) in [6.45, 7) is 11.0. The zero-order chi connectivity index (χ0) is 24.2. The van der Waals surface area contributed by atoms with Crippen LogP contribution in [0.4, 0.5) is 10.1 Å². The van der Waals surface area contributed by atoms with Gasteiger partial charge in [0.1, 0.15) is 5.82 Å². The molecule has 2 heterocycles. The van der Waals surface area contributed by atoms with Gasteiger partial charge in [0.15, 0.2) is 0 Å². The average molecular weight is 452 g/mol. The molecule has 0 bridgehead atoms. The molecule has 3 aromatic rings. The topological polar surface area (TPSA) is 67.1 Å². The molecule has 6 heteroatoms. The molecule has 1 fully saturated rings. The summed E-state index contributed by atoms with van der Waals surface area (Å²) in [6.07, 6.45) is 3.26. The lowest BCUT2D eigenvalue weighted by Gasteiger charge is -2.24. The molecule has 33 heavy (non-hydrogen) atoms. The minimum Gasteiger partial charge on any atom is -0.381 e. The van der Waals surface area contributed by atoms with Crippen molar-refractivity contribution in [1.29, 1.82) is 5.41 Å². The van der Waals surface area contributed by atoms with E-state index in [1.54, 1.807) is 12.1 Å². The fourth-order valence-corrected chi connectivity index (χ4v) is 3.98. The largest absolute Gasteiger partial charge is 0.381 e. The van der Waals surface area contributed by atoms with Crippen molar-refractivity contribution in [2.75, 3.05) is 18.5 Å². The third kappa shape index (κ3) is 5.33. The Balaban J connectivity index is 0.00000149. The number of halogens is 1. The molecule has 1 unspecified atom stereocenters. The summed E-state index contributed by atoms with van der Waals surface area (Å²) in [5.74, 6) is -0.161. The van der Waals surface area contributed by atoms with Crippen LogP contribution in [0, 0.1) is 16.6 Å². The highest BCUT2D eigenvalue weighted by molar-refractivity contribution is 6.03. The van der Waals surface area contributed by atoms with Gasteiger partial charge >= 0.3 is 0 Å². The third-order valence-electron chi connectivity index (χ3n) is 5.75. The summed E-state index contributed by atoms with van der Waals surface area (Å²) in [7, 11) is 0. The van der Waals surface area contributed by atoms with Crippen molar-refractivity contribution in [3.05, 3.63) is 59.5 Å². The highest BCUT2D eigenvalue weighted by atomic mass is 19.1. The Hall–Kier alpha value is -2.99. The van der Waals surface area contributed by atoms with Gasteiger partial charge in [-0.05, 0) is 55.3 Å². The highest BCUT2D eigenvalue weighted by Crippen LogP contribution is 2.35.